The van der Waals surface area contributed by atoms with Gasteiger partial charge >= 0.3 is 0 Å². The average molecular weight is 194 g/mol. The van der Waals surface area contributed by atoms with Gasteiger partial charge in [-0.15, -0.1) is 0 Å². The van der Waals surface area contributed by atoms with E-state index in [1.165, 1.54) is 32.1 Å². The summed E-state index contributed by atoms with van der Waals surface area (Å²) in [7, 11) is 0. The summed E-state index contributed by atoms with van der Waals surface area (Å²) >= 11 is 0. The number of carbonyl (C=O) groups is 1. The number of nitrogens with zero attached hydrogens (tertiary/aromatic N) is 1. The fourth-order valence-electron chi connectivity index (χ4n) is 2.43. The Morgan fingerprint density at radius 3 is 2.71 bits per heavy atom. The molecule has 1 aliphatic heterocycles. The summed E-state index contributed by atoms with van der Waals surface area (Å²) in [5.74, 6) is 0.338. The molecule has 2 rings (SSSR count). The Hall–Kier alpha value is -0.860. The topological polar surface area (TPSA) is 41.5 Å². The zero-order valence-electron chi connectivity index (χ0n) is 8.54. The maximum Gasteiger partial charge on any atom is 0.230 e. The van der Waals surface area contributed by atoms with Crippen LogP contribution in [-0.2, 0) is 4.79 Å². The van der Waals surface area contributed by atoms with Crippen molar-refractivity contribution in [3.8, 4) is 0 Å². The molecule has 1 aliphatic carbocycles. The molecule has 2 unspecified atom stereocenters. The SMILES string of the molecule is O=C1NC=NC2CCCCCCCC12. The van der Waals surface area contributed by atoms with Gasteiger partial charge in [0.25, 0.3) is 0 Å². The normalized spacial score (nSPS) is 33.6. The average Bonchev–Trinajstić information content (AvgIpc) is 2.30. The van der Waals surface area contributed by atoms with Crippen LogP contribution in [0.1, 0.15) is 44.9 Å². The number of rotatable bonds is 0. The molecule has 0 radical (unpaired) electrons. The van der Waals surface area contributed by atoms with E-state index in [1.807, 2.05) is 0 Å². The van der Waals surface area contributed by atoms with Crippen LogP contribution in [0.5, 0.6) is 0 Å². The van der Waals surface area contributed by atoms with E-state index in [9.17, 15) is 4.79 Å². The molecule has 3 nitrogen and oxygen atoms in total. The van der Waals surface area contributed by atoms with Crippen molar-refractivity contribution in [2.75, 3.05) is 0 Å². The third-order valence-electron chi connectivity index (χ3n) is 3.29. The minimum Gasteiger partial charge on any atom is -0.317 e. The minimum atomic E-state index is 0.151. The lowest BCUT2D eigenvalue weighted by Crippen LogP contribution is -2.40. The first-order chi connectivity index (χ1) is 6.88. The van der Waals surface area contributed by atoms with Gasteiger partial charge in [0.05, 0.1) is 18.3 Å². The van der Waals surface area contributed by atoms with E-state index >= 15 is 0 Å². The predicted octanol–water partition coefficient (Wildman–Crippen LogP) is 1.87. The van der Waals surface area contributed by atoms with E-state index < -0.39 is 0 Å². The van der Waals surface area contributed by atoms with E-state index in [1.54, 1.807) is 6.34 Å². The van der Waals surface area contributed by atoms with Gasteiger partial charge in [-0.2, -0.15) is 0 Å². The number of hydrogen-bond donors (Lipinski definition) is 1. The number of fused-ring (bicyclic) bond motifs is 1. The second-order valence-electron chi connectivity index (χ2n) is 4.31. The summed E-state index contributed by atoms with van der Waals surface area (Å²) < 4.78 is 0. The van der Waals surface area contributed by atoms with Crippen molar-refractivity contribution in [1.29, 1.82) is 0 Å². The Labute approximate surface area is 85.0 Å². The van der Waals surface area contributed by atoms with Gasteiger partial charge in [-0.1, -0.05) is 32.1 Å². The Morgan fingerprint density at radius 2 is 1.86 bits per heavy atom. The fraction of sp³-hybridized carbons (Fsp3) is 0.818. The third kappa shape index (κ3) is 2.14. The molecule has 0 bridgehead atoms. The Kier molecular flexibility index (Phi) is 3.17. The van der Waals surface area contributed by atoms with Gasteiger partial charge in [0.15, 0.2) is 0 Å². The molecule has 2 atom stereocenters. The number of nitrogens with one attached hydrogen (secondary N) is 1. The lowest BCUT2D eigenvalue weighted by molar-refractivity contribution is -0.124. The maximum atomic E-state index is 11.6. The van der Waals surface area contributed by atoms with Crippen molar-refractivity contribution in [1.82, 2.24) is 5.32 Å². The van der Waals surface area contributed by atoms with Crippen LogP contribution in [-0.4, -0.2) is 18.3 Å². The van der Waals surface area contributed by atoms with Crippen molar-refractivity contribution in [3.63, 3.8) is 0 Å². The molecule has 0 aromatic carbocycles. The zero-order chi connectivity index (χ0) is 9.80. The molecule has 0 aromatic heterocycles. The van der Waals surface area contributed by atoms with Gasteiger partial charge in [-0.25, -0.2) is 0 Å². The summed E-state index contributed by atoms with van der Waals surface area (Å²) in [5.41, 5.74) is 0. The van der Waals surface area contributed by atoms with Gasteiger partial charge in [-0.3, -0.25) is 9.79 Å². The highest BCUT2D eigenvalue weighted by Crippen LogP contribution is 2.25. The Bertz CT molecular complexity index is 237. The lowest BCUT2D eigenvalue weighted by atomic mass is 9.90. The molecule has 0 aromatic rings. The van der Waals surface area contributed by atoms with Crippen molar-refractivity contribution in [2.45, 2.75) is 51.0 Å². The van der Waals surface area contributed by atoms with E-state index in [0.717, 1.165) is 12.8 Å². The molecule has 14 heavy (non-hydrogen) atoms. The number of carbonyl (C=O) groups excluding carboxylic acids is 1. The third-order valence-corrected chi connectivity index (χ3v) is 3.29. The van der Waals surface area contributed by atoms with Gasteiger partial charge in [-0.05, 0) is 12.8 Å². The molecular formula is C11H18N2O. The van der Waals surface area contributed by atoms with Crippen molar-refractivity contribution in [3.05, 3.63) is 0 Å². The van der Waals surface area contributed by atoms with Crippen LogP contribution in [0.3, 0.4) is 0 Å². The van der Waals surface area contributed by atoms with Crippen LogP contribution < -0.4 is 5.32 Å². The van der Waals surface area contributed by atoms with E-state index in [-0.39, 0.29) is 17.9 Å². The smallest absolute Gasteiger partial charge is 0.230 e. The van der Waals surface area contributed by atoms with E-state index in [2.05, 4.69) is 10.3 Å². The molecule has 1 N–H and O–H groups in total. The van der Waals surface area contributed by atoms with Crippen LogP contribution in [0, 0.1) is 5.92 Å². The second kappa shape index (κ2) is 4.58. The molecule has 2 aliphatic rings. The Morgan fingerprint density at radius 1 is 1.14 bits per heavy atom. The van der Waals surface area contributed by atoms with E-state index in [4.69, 9.17) is 0 Å². The summed E-state index contributed by atoms with van der Waals surface area (Å²) in [6, 6.07) is 0.266. The van der Waals surface area contributed by atoms with Crippen molar-refractivity contribution in [2.24, 2.45) is 10.9 Å². The molecular weight excluding hydrogens is 176 g/mol. The first-order valence-electron chi connectivity index (χ1n) is 5.70. The summed E-state index contributed by atoms with van der Waals surface area (Å²) in [5, 5.41) is 2.72. The summed E-state index contributed by atoms with van der Waals surface area (Å²) in [4.78, 5) is 16.0. The van der Waals surface area contributed by atoms with E-state index in [0.29, 0.717) is 0 Å². The highest BCUT2D eigenvalue weighted by atomic mass is 16.2. The van der Waals surface area contributed by atoms with Crippen LogP contribution in [0.25, 0.3) is 0 Å². The standard InChI is InChI=1S/C11H18N2O/c14-11-9-6-4-2-1-3-5-7-10(9)12-8-13-11/h8-10H,1-7H2,(H,12,13,14). The molecule has 0 saturated heterocycles. The zero-order valence-corrected chi connectivity index (χ0v) is 8.54. The predicted molar refractivity (Wildman–Crippen MR) is 56.2 cm³/mol. The van der Waals surface area contributed by atoms with Crippen LogP contribution in [0.4, 0.5) is 0 Å². The van der Waals surface area contributed by atoms with Gasteiger partial charge in [0, 0.05) is 0 Å². The van der Waals surface area contributed by atoms with Crippen LogP contribution in [0.2, 0.25) is 0 Å². The molecule has 1 amide bonds. The van der Waals surface area contributed by atoms with Gasteiger partial charge in [0.1, 0.15) is 0 Å². The first kappa shape index (κ1) is 9.69. The monoisotopic (exact) mass is 194 g/mol. The largest absolute Gasteiger partial charge is 0.317 e. The minimum absolute atomic E-state index is 0.151. The van der Waals surface area contributed by atoms with Crippen LogP contribution in [0.15, 0.2) is 4.99 Å². The molecule has 0 spiro atoms. The molecule has 1 heterocycles. The highest BCUT2D eigenvalue weighted by molar-refractivity contribution is 5.91. The number of hydrogen-bond acceptors (Lipinski definition) is 2. The molecule has 1 saturated carbocycles. The first-order valence-corrected chi connectivity index (χ1v) is 5.70. The maximum absolute atomic E-state index is 11.6. The van der Waals surface area contributed by atoms with Gasteiger partial charge < -0.3 is 5.32 Å². The second-order valence-corrected chi connectivity index (χ2v) is 4.31. The fourth-order valence-corrected chi connectivity index (χ4v) is 2.43. The summed E-state index contributed by atoms with van der Waals surface area (Å²) in [6.07, 6.45) is 10.0. The van der Waals surface area contributed by atoms with Crippen molar-refractivity contribution < 1.29 is 4.79 Å². The summed E-state index contributed by atoms with van der Waals surface area (Å²) in [6.45, 7) is 0. The van der Waals surface area contributed by atoms with Crippen LogP contribution >= 0.6 is 0 Å². The number of aliphatic imine (C=N–C) groups is 1. The van der Waals surface area contributed by atoms with Crippen molar-refractivity contribution >= 4 is 12.2 Å². The molecule has 78 valence electrons. The molecule has 3 heteroatoms. The molecule has 1 fully saturated rings. The van der Waals surface area contributed by atoms with Gasteiger partial charge in [0.2, 0.25) is 5.91 Å². The lowest BCUT2D eigenvalue weighted by Gasteiger charge is -2.25. The quantitative estimate of drug-likeness (QED) is 0.628. The number of amides is 1. The highest BCUT2D eigenvalue weighted by Gasteiger charge is 2.29. The Balaban J connectivity index is 2.05.